The lowest BCUT2D eigenvalue weighted by molar-refractivity contribution is -0.127. The number of likely N-dealkylation sites (N-methyl/N-ethyl adjacent to an activating group) is 2. The lowest BCUT2D eigenvalue weighted by Gasteiger charge is -2.36. The third-order valence-electron chi connectivity index (χ3n) is 6.33. The molecule has 0 aliphatic carbocycles. The molecule has 2 N–H and O–H groups in total. The SMILES string of the molecule is C/C(Cl)=C\CN1C(SCCSC2=NC3C(C(=O)NC(=O)N3C)N2C/C=C(\C)Cl)=NC2C1C(=O)NC(=O)N2C. The number of hydrogen-bond donors (Lipinski definition) is 2. The molecule has 4 rings (SSSR count). The van der Waals surface area contributed by atoms with E-state index in [1.165, 1.54) is 33.3 Å². The van der Waals surface area contributed by atoms with Gasteiger partial charge in [-0.1, -0.05) is 58.9 Å². The summed E-state index contributed by atoms with van der Waals surface area (Å²) >= 11 is 15.0. The number of urea groups is 2. The van der Waals surface area contributed by atoms with Crippen molar-refractivity contribution in [3.05, 3.63) is 22.2 Å². The van der Waals surface area contributed by atoms with Crippen molar-refractivity contribution < 1.29 is 19.2 Å². The molecule has 206 valence electrons. The molecule has 0 spiro atoms. The van der Waals surface area contributed by atoms with E-state index >= 15 is 0 Å². The van der Waals surface area contributed by atoms with Crippen LogP contribution in [0.4, 0.5) is 9.59 Å². The Morgan fingerprint density at radius 1 is 0.789 bits per heavy atom. The quantitative estimate of drug-likeness (QED) is 0.422. The number of allylic oxidation sites excluding steroid dienone is 2. The highest BCUT2D eigenvalue weighted by atomic mass is 35.5. The molecule has 0 radical (unpaired) electrons. The van der Waals surface area contributed by atoms with E-state index in [4.69, 9.17) is 23.2 Å². The first-order chi connectivity index (χ1) is 18.0. The van der Waals surface area contributed by atoms with Crippen LogP contribution >= 0.6 is 46.7 Å². The predicted molar refractivity (Wildman–Crippen MR) is 150 cm³/mol. The zero-order valence-electron chi connectivity index (χ0n) is 21.2. The summed E-state index contributed by atoms with van der Waals surface area (Å²) in [5.41, 5.74) is 0. The van der Waals surface area contributed by atoms with Crippen molar-refractivity contribution in [2.75, 3.05) is 38.7 Å². The zero-order chi connectivity index (χ0) is 27.7. The van der Waals surface area contributed by atoms with Crippen LogP contribution in [0.2, 0.25) is 0 Å². The average molecular weight is 604 g/mol. The average Bonchev–Trinajstić information content (AvgIpc) is 3.40. The van der Waals surface area contributed by atoms with E-state index in [2.05, 4.69) is 20.6 Å². The summed E-state index contributed by atoms with van der Waals surface area (Å²) in [5.74, 6) is 0.419. The molecule has 0 bridgehead atoms. The molecule has 4 unspecified atom stereocenters. The van der Waals surface area contributed by atoms with Gasteiger partial charge in [0, 0.05) is 48.8 Å². The number of aliphatic imine (C=N–C) groups is 2. The second-order valence-corrected chi connectivity index (χ2v) is 12.3. The summed E-state index contributed by atoms with van der Waals surface area (Å²) < 4.78 is 0. The number of hydrogen-bond acceptors (Lipinski definition) is 10. The fourth-order valence-electron chi connectivity index (χ4n) is 4.34. The topological polar surface area (TPSA) is 130 Å². The van der Waals surface area contributed by atoms with Crippen molar-refractivity contribution in [2.24, 2.45) is 9.98 Å². The standard InChI is InChI=1S/C22H28Cl2N8O4S2/c1-11(23)5-7-31-13-15(29(3)19(35)27-17(13)33)25-21(31)37-9-10-38-22-26-16-14(32(22)8-6-12(2)24)18(34)28-20(36)30(16)4/h5-6,13-16H,7-10H2,1-4H3,(H,27,33,35)(H,28,34,36)/b11-5+,12-6+. The number of nitrogens with zero attached hydrogens (tertiary/aromatic N) is 6. The predicted octanol–water partition coefficient (Wildman–Crippen LogP) is 1.83. The normalized spacial score (nSPS) is 27.8. The molecule has 12 nitrogen and oxygen atoms in total. The molecule has 6 amide bonds. The number of amidine groups is 2. The van der Waals surface area contributed by atoms with Crippen LogP contribution < -0.4 is 10.6 Å². The minimum absolute atomic E-state index is 0.369. The van der Waals surface area contributed by atoms with Crippen LogP contribution in [0.1, 0.15) is 13.8 Å². The largest absolute Gasteiger partial charge is 0.332 e. The van der Waals surface area contributed by atoms with Gasteiger partial charge in [-0.25, -0.2) is 19.6 Å². The number of fused-ring (bicyclic) bond motifs is 2. The number of rotatable bonds is 7. The van der Waals surface area contributed by atoms with Gasteiger partial charge in [-0.3, -0.25) is 20.2 Å². The van der Waals surface area contributed by atoms with E-state index in [9.17, 15) is 19.2 Å². The Kier molecular flexibility index (Phi) is 8.85. The molecular formula is C22H28Cl2N8O4S2. The van der Waals surface area contributed by atoms with Crippen molar-refractivity contribution in [1.82, 2.24) is 30.2 Å². The Hall–Kier alpha value is -2.42. The highest BCUT2D eigenvalue weighted by molar-refractivity contribution is 8.17. The molecule has 4 aliphatic rings. The van der Waals surface area contributed by atoms with Crippen LogP contribution in [0, 0.1) is 0 Å². The minimum atomic E-state index is -0.643. The summed E-state index contributed by atoms with van der Waals surface area (Å²) in [4.78, 5) is 65.4. The van der Waals surface area contributed by atoms with Crippen LogP contribution in [0.25, 0.3) is 0 Å². The summed E-state index contributed by atoms with van der Waals surface area (Å²) in [6.45, 7) is 4.25. The van der Waals surface area contributed by atoms with E-state index in [1.807, 2.05) is 9.80 Å². The molecular weight excluding hydrogens is 575 g/mol. The van der Waals surface area contributed by atoms with Crippen LogP contribution in [0.3, 0.4) is 0 Å². The molecule has 4 heterocycles. The van der Waals surface area contributed by atoms with Crippen molar-refractivity contribution in [2.45, 2.75) is 38.3 Å². The maximum Gasteiger partial charge on any atom is 0.325 e. The third kappa shape index (κ3) is 5.77. The molecule has 2 saturated heterocycles. The van der Waals surface area contributed by atoms with E-state index < -0.39 is 48.3 Å². The van der Waals surface area contributed by atoms with Gasteiger partial charge in [-0.05, 0) is 13.8 Å². The molecule has 0 aromatic rings. The minimum Gasteiger partial charge on any atom is -0.332 e. The smallest absolute Gasteiger partial charge is 0.325 e. The van der Waals surface area contributed by atoms with Gasteiger partial charge in [-0.15, -0.1) is 0 Å². The van der Waals surface area contributed by atoms with Gasteiger partial charge in [0.25, 0.3) is 11.8 Å². The summed E-state index contributed by atoms with van der Waals surface area (Å²) in [6, 6.07) is -2.26. The Bertz CT molecular complexity index is 1070. The Morgan fingerprint density at radius 3 is 1.50 bits per heavy atom. The first-order valence-corrected chi connectivity index (χ1v) is 14.5. The second kappa shape index (κ2) is 11.8. The molecule has 38 heavy (non-hydrogen) atoms. The van der Waals surface area contributed by atoms with Crippen molar-refractivity contribution in [1.29, 1.82) is 0 Å². The molecule has 0 aromatic heterocycles. The van der Waals surface area contributed by atoms with Crippen LogP contribution in [-0.2, 0) is 9.59 Å². The van der Waals surface area contributed by atoms with Gasteiger partial charge in [0.2, 0.25) is 0 Å². The van der Waals surface area contributed by atoms with Crippen molar-refractivity contribution >= 4 is 80.9 Å². The number of carbonyl (C=O) groups is 4. The van der Waals surface area contributed by atoms with Gasteiger partial charge in [-0.2, -0.15) is 0 Å². The fourth-order valence-corrected chi connectivity index (χ4v) is 6.58. The number of carbonyl (C=O) groups excluding carboxylic acids is 4. The summed E-state index contributed by atoms with van der Waals surface area (Å²) in [7, 11) is 3.21. The maximum absolute atomic E-state index is 12.6. The van der Waals surface area contributed by atoms with E-state index in [1.54, 1.807) is 40.1 Å². The Labute approximate surface area is 238 Å². The third-order valence-corrected chi connectivity index (χ3v) is 8.91. The highest BCUT2D eigenvalue weighted by Crippen LogP contribution is 2.31. The van der Waals surface area contributed by atoms with E-state index in [0.29, 0.717) is 45.0 Å². The number of nitrogens with one attached hydrogen (secondary N) is 2. The second-order valence-electron chi connectivity index (χ2n) is 8.93. The molecule has 4 atom stereocenters. The Morgan fingerprint density at radius 2 is 1.16 bits per heavy atom. The van der Waals surface area contributed by atoms with Gasteiger partial charge in [0.1, 0.15) is 0 Å². The number of halogens is 2. The summed E-state index contributed by atoms with van der Waals surface area (Å²) in [6.07, 6.45) is 2.34. The molecule has 2 fully saturated rings. The molecule has 16 heteroatoms. The highest BCUT2D eigenvalue weighted by Gasteiger charge is 2.49. The first-order valence-electron chi connectivity index (χ1n) is 11.7. The summed E-state index contributed by atoms with van der Waals surface area (Å²) in [5, 5.41) is 7.19. The lowest BCUT2D eigenvalue weighted by atomic mass is 10.1. The Balaban J connectivity index is 1.45. The van der Waals surface area contributed by atoms with E-state index in [-0.39, 0.29) is 0 Å². The zero-order valence-corrected chi connectivity index (χ0v) is 24.3. The lowest BCUT2D eigenvalue weighted by Crippen LogP contribution is -2.63. The number of thioether (sulfide) groups is 2. The first kappa shape index (κ1) is 28.6. The van der Waals surface area contributed by atoms with Crippen LogP contribution in [0.15, 0.2) is 32.2 Å². The monoisotopic (exact) mass is 602 g/mol. The fraction of sp³-hybridized carbons (Fsp3) is 0.545. The van der Waals surface area contributed by atoms with Gasteiger partial charge >= 0.3 is 12.1 Å². The maximum atomic E-state index is 12.6. The van der Waals surface area contributed by atoms with Gasteiger partial charge in [0.05, 0.1) is 0 Å². The van der Waals surface area contributed by atoms with Gasteiger partial charge < -0.3 is 19.6 Å². The molecule has 4 aliphatic heterocycles. The van der Waals surface area contributed by atoms with Crippen molar-refractivity contribution in [3.8, 4) is 0 Å². The van der Waals surface area contributed by atoms with E-state index in [0.717, 1.165) is 0 Å². The van der Waals surface area contributed by atoms with Crippen LogP contribution in [-0.4, -0.2) is 117 Å². The number of imide groups is 2. The molecule has 0 aromatic carbocycles. The molecule has 0 saturated carbocycles. The van der Waals surface area contributed by atoms with Crippen molar-refractivity contribution in [3.63, 3.8) is 0 Å². The number of amides is 6. The van der Waals surface area contributed by atoms with Crippen LogP contribution in [0.5, 0.6) is 0 Å². The van der Waals surface area contributed by atoms with Gasteiger partial charge in [0.15, 0.2) is 34.8 Å².